The molecule has 1 atom stereocenters. The van der Waals surface area contributed by atoms with Gasteiger partial charge < -0.3 is 15.5 Å². The second kappa shape index (κ2) is 10.4. The fraction of sp³-hybridized carbons (Fsp3) is 0.636. The van der Waals surface area contributed by atoms with Gasteiger partial charge in [-0.05, 0) is 44.2 Å². The van der Waals surface area contributed by atoms with Crippen molar-refractivity contribution in [3.63, 3.8) is 0 Å². The van der Waals surface area contributed by atoms with Gasteiger partial charge in [0, 0.05) is 38.1 Å². The Hall–Kier alpha value is -2.11. The van der Waals surface area contributed by atoms with Gasteiger partial charge in [0.1, 0.15) is 5.82 Å². The Kier molecular flexibility index (Phi) is 7.69. The number of guanidine groups is 1. The lowest BCUT2D eigenvalue weighted by molar-refractivity contribution is -0.135. The maximum absolute atomic E-state index is 13.7. The minimum atomic E-state index is -0.177. The number of hydrogen-bond donors (Lipinski definition) is 2. The standard InChI is InChI=1S/C22H33FN4O/c1-2-24-22(25-14-12-17-8-6-7-11-20(17)23)26-19-13-15-27(16-19)21(28)18-9-4-3-5-10-18/h6-8,11,18-19H,2-5,9-10,12-16H2,1H3,(H2,24,25,26). The molecular formula is C22H33FN4O. The van der Waals surface area contributed by atoms with Crippen molar-refractivity contribution in [3.05, 3.63) is 35.6 Å². The van der Waals surface area contributed by atoms with Crippen LogP contribution in [0.15, 0.2) is 29.3 Å². The SMILES string of the molecule is CCNC(=NCCc1ccccc1F)NC1CCN(C(=O)C2CCCCC2)C1. The fourth-order valence-corrected chi connectivity index (χ4v) is 4.19. The van der Waals surface area contributed by atoms with E-state index >= 15 is 0 Å². The Bertz CT molecular complexity index is 672. The van der Waals surface area contributed by atoms with E-state index < -0.39 is 0 Å². The van der Waals surface area contributed by atoms with Crippen LogP contribution in [0.25, 0.3) is 0 Å². The average Bonchev–Trinajstić information content (AvgIpc) is 3.18. The van der Waals surface area contributed by atoms with Crippen LogP contribution in [0.2, 0.25) is 0 Å². The third-order valence-electron chi connectivity index (χ3n) is 5.75. The molecule has 1 saturated heterocycles. The summed E-state index contributed by atoms with van der Waals surface area (Å²) in [5.74, 6) is 1.14. The van der Waals surface area contributed by atoms with E-state index in [1.54, 1.807) is 12.1 Å². The molecule has 1 aliphatic heterocycles. The molecule has 5 nitrogen and oxygen atoms in total. The molecule has 154 valence electrons. The van der Waals surface area contributed by atoms with Crippen molar-refractivity contribution < 1.29 is 9.18 Å². The molecule has 0 bridgehead atoms. The Labute approximate surface area is 167 Å². The molecule has 2 fully saturated rings. The summed E-state index contributed by atoms with van der Waals surface area (Å²) in [6.07, 6.45) is 7.25. The first kappa shape index (κ1) is 20.6. The van der Waals surface area contributed by atoms with E-state index in [1.807, 2.05) is 17.9 Å². The minimum absolute atomic E-state index is 0.177. The zero-order valence-electron chi connectivity index (χ0n) is 16.9. The first-order chi connectivity index (χ1) is 13.7. The van der Waals surface area contributed by atoms with Crippen molar-refractivity contribution in [1.82, 2.24) is 15.5 Å². The van der Waals surface area contributed by atoms with Crippen LogP contribution in [0.3, 0.4) is 0 Å². The number of nitrogens with zero attached hydrogens (tertiary/aromatic N) is 2. The molecule has 0 spiro atoms. The summed E-state index contributed by atoms with van der Waals surface area (Å²) in [6, 6.07) is 7.06. The third kappa shape index (κ3) is 5.69. The molecule has 28 heavy (non-hydrogen) atoms. The van der Waals surface area contributed by atoms with Crippen LogP contribution in [-0.2, 0) is 11.2 Å². The highest BCUT2D eigenvalue weighted by molar-refractivity contribution is 5.81. The second-order valence-corrected chi connectivity index (χ2v) is 7.85. The van der Waals surface area contributed by atoms with Crippen LogP contribution in [0.4, 0.5) is 4.39 Å². The lowest BCUT2D eigenvalue weighted by atomic mass is 9.88. The number of carbonyl (C=O) groups excluding carboxylic acids is 1. The number of carbonyl (C=O) groups is 1. The zero-order chi connectivity index (χ0) is 19.8. The van der Waals surface area contributed by atoms with E-state index in [4.69, 9.17) is 0 Å². The van der Waals surface area contributed by atoms with E-state index in [0.29, 0.717) is 24.4 Å². The summed E-state index contributed by atoms with van der Waals surface area (Å²) in [5, 5.41) is 6.72. The maximum Gasteiger partial charge on any atom is 0.225 e. The molecule has 3 rings (SSSR count). The summed E-state index contributed by atoms with van der Waals surface area (Å²) in [7, 11) is 0. The van der Waals surface area contributed by atoms with Gasteiger partial charge in [0.25, 0.3) is 0 Å². The normalized spacial score (nSPS) is 21.0. The van der Waals surface area contributed by atoms with Crippen LogP contribution < -0.4 is 10.6 Å². The average molecular weight is 389 g/mol. The molecule has 2 aliphatic rings. The number of amides is 1. The van der Waals surface area contributed by atoms with Crippen LogP contribution in [0, 0.1) is 11.7 Å². The molecule has 1 amide bonds. The molecule has 1 saturated carbocycles. The number of aliphatic imine (C=N–C) groups is 1. The summed E-state index contributed by atoms with van der Waals surface area (Å²) < 4.78 is 13.7. The monoisotopic (exact) mass is 388 g/mol. The number of rotatable bonds is 6. The zero-order valence-corrected chi connectivity index (χ0v) is 16.9. The van der Waals surface area contributed by atoms with Gasteiger partial charge in [0.15, 0.2) is 5.96 Å². The van der Waals surface area contributed by atoms with Gasteiger partial charge in [-0.25, -0.2) is 4.39 Å². The van der Waals surface area contributed by atoms with Crippen LogP contribution in [0.1, 0.15) is 51.0 Å². The van der Waals surface area contributed by atoms with Crippen LogP contribution in [-0.4, -0.2) is 49.0 Å². The summed E-state index contributed by atoms with van der Waals surface area (Å²) in [4.78, 5) is 19.4. The molecule has 2 N–H and O–H groups in total. The second-order valence-electron chi connectivity index (χ2n) is 7.85. The van der Waals surface area contributed by atoms with E-state index in [0.717, 1.165) is 44.9 Å². The lowest BCUT2D eigenvalue weighted by Crippen LogP contribution is -2.45. The molecule has 1 aliphatic carbocycles. The topological polar surface area (TPSA) is 56.7 Å². The predicted octanol–water partition coefficient (Wildman–Crippen LogP) is 3.10. The first-order valence-electron chi connectivity index (χ1n) is 10.7. The van der Waals surface area contributed by atoms with Crippen molar-refractivity contribution in [2.45, 2.75) is 57.9 Å². The quantitative estimate of drug-likeness (QED) is 0.582. The van der Waals surface area contributed by atoms with Crippen molar-refractivity contribution in [1.29, 1.82) is 0 Å². The molecule has 1 unspecified atom stereocenters. The molecule has 0 radical (unpaired) electrons. The van der Waals surface area contributed by atoms with E-state index in [1.165, 1.54) is 25.3 Å². The van der Waals surface area contributed by atoms with Gasteiger partial charge in [-0.2, -0.15) is 0 Å². The third-order valence-corrected chi connectivity index (χ3v) is 5.75. The van der Waals surface area contributed by atoms with Gasteiger partial charge in [-0.1, -0.05) is 37.5 Å². The highest BCUT2D eigenvalue weighted by Gasteiger charge is 2.31. The van der Waals surface area contributed by atoms with Gasteiger partial charge in [-0.3, -0.25) is 9.79 Å². The number of likely N-dealkylation sites (tertiary alicyclic amines) is 1. The summed E-state index contributed by atoms with van der Waals surface area (Å²) >= 11 is 0. The molecule has 6 heteroatoms. The molecule has 1 aromatic carbocycles. The Morgan fingerprint density at radius 1 is 1.21 bits per heavy atom. The van der Waals surface area contributed by atoms with Crippen molar-refractivity contribution in [2.24, 2.45) is 10.9 Å². The minimum Gasteiger partial charge on any atom is -0.357 e. The number of benzene rings is 1. The molecule has 1 aromatic rings. The van der Waals surface area contributed by atoms with E-state index in [9.17, 15) is 9.18 Å². The maximum atomic E-state index is 13.7. The van der Waals surface area contributed by atoms with Gasteiger partial charge >= 0.3 is 0 Å². The van der Waals surface area contributed by atoms with Crippen LogP contribution >= 0.6 is 0 Å². The molecular weight excluding hydrogens is 355 g/mol. The largest absolute Gasteiger partial charge is 0.357 e. The van der Waals surface area contributed by atoms with Gasteiger partial charge in [0.05, 0.1) is 0 Å². The number of hydrogen-bond acceptors (Lipinski definition) is 2. The van der Waals surface area contributed by atoms with E-state index in [-0.39, 0.29) is 17.8 Å². The highest BCUT2D eigenvalue weighted by atomic mass is 19.1. The van der Waals surface area contributed by atoms with Gasteiger partial charge in [0.2, 0.25) is 5.91 Å². The first-order valence-corrected chi connectivity index (χ1v) is 10.7. The Morgan fingerprint density at radius 3 is 2.75 bits per heavy atom. The molecule has 0 aromatic heterocycles. The Morgan fingerprint density at radius 2 is 2.00 bits per heavy atom. The van der Waals surface area contributed by atoms with E-state index in [2.05, 4.69) is 15.6 Å². The van der Waals surface area contributed by atoms with Crippen molar-refractivity contribution in [2.75, 3.05) is 26.2 Å². The smallest absolute Gasteiger partial charge is 0.225 e. The Balaban J connectivity index is 1.49. The van der Waals surface area contributed by atoms with Gasteiger partial charge in [-0.15, -0.1) is 0 Å². The highest BCUT2D eigenvalue weighted by Crippen LogP contribution is 2.26. The molecule has 1 heterocycles. The number of nitrogens with one attached hydrogen (secondary N) is 2. The predicted molar refractivity (Wildman–Crippen MR) is 111 cm³/mol. The van der Waals surface area contributed by atoms with Crippen LogP contribution in [0.5, 0.6) is 0 Å². The fourth-order valence-electron chi connectivity index (χ4n) is 4.19. The van der Waals surface area contributed by atoms with Crippen molar-refractivity contribution in [3.8, 4) is 0 Å². The lowest BCUT2D eigenvalue weighted by Gasteiger charge is -2.26. The summed E-state index contributed by atoms with van der Waals surface area (Å²) in [6.45, 7) is 4.88. The van der Waals surface area contributed by atoms with Crippen molar-refractivity contribution >= 4 is 11.9 Å². The summed E-state index contributed by atoms with van der Waals surface area (Å²) in [5.41, 5.74) is 0.687. The number of halogens is 1.